The van der Waals surface area contributed by atoms with E-state index < -0.39 is 0 Å². The molecular formula is C64H41N5O. The predicted octanol–water partition coefficient (Wildman–Crippen LogP) is 16.4. The van der Waals surface area contributed by atoms with Crippen molar-refractivity contribution in [3.8, 4) is 56.7 Å². The third-order valence-corrected chi connectivity index (χ3v) is 15.0. The molecule has 14 aromatic rings. The lowest BCUT2D eigenvalue weighted by atomic mass is 9.82. The number of hydrogen-bond acceptors (Lipinski definition) is 4. The van der Waals surface area contributed by atoms with E-state index in [-0.39, 0.29) is 5.41 Å². The lowest BCUT2D eigenvalue weighted by Crippen LogP contribution is -2.15. The molecule has 0 atom stereocenters. The first-order chi connectivity index (χ1) is 34.5. The van der Waals surface area contributed by atoms with Crippen LogP contribution in [0.2, 0.25) is 0 Å². The van der Waals surface area contributed by atoms with Crippen molar-refractivity contribution < 1.29 is 4.42 Å². The fraction of sp³-hybridized carbons (Fsp3) is 0.0469. The van der Waals surface area contributed by atoms with E-state index in [9.17, 15) is 0 Å². The minimum Gasteiger partial charge on any atom is -0.454 e. The third-order valence-electron chi connectivity index (χ3n) is 15.0. The van der Waals surface area contributed by atoms with E-state index >= 15 is 0 Å². The second kappa shape index (κ2) is 14.4. The summed E-state index contributed by atoms with van der Waals surface area (Å²) >= 11 is 0. The number of furan rings is 1. The van der Waals surface area contributed by atoms with Crippen LogP contribution in [-0.2, 0) is 5.41 Å². The molecule has 1 aliphatic rings. The van der Waals surface area contributed by atoms with Crippen molar-refractivity contribution >= 4 is 76.3 Å². The third kappa shape index (κ3) is 5.47. The maximum atomic E-state index is 7.01. The highest BCUT2D eigenvalue weighted by Gasteiger charge is 2.36. The van der Waals surface area contributed by atoms with E-state index in [1.165, 1.54) is 33.0 Å². The van der Waals surface area contributed by atoms with Gasteiger partial charge in [0.2, 0.25) is 5.95 Å². The molecule has 4 aromatic heterocycles. The van der Waals surface area contributed by atoms with Gasteiger partial charge in [-0.1, -0.05) is 190 Å². The van der Waals surface area contributed by atoms with Crippen LogP contribution in [0, 0.1) is 0 Å². The Hall–Kier alpha value is -9.13. The number of benzene rings is 10. The van der Waals surface area contributed by atoms with Crippen molar-refractivity contribution in [2.75, 3.05) is 0 Å². The minimum absolute atomic E-state index is 0.192. The summed E-state index contributed by atoms with van der Waals surface area (Å²) in [5.41, 5.74) is 15.8. The van der Waals surface area contributed by atoms with Crippen LogP contribution in [0.25, 0.3) is 133 Å². The topological polar surface area (TPSA) is 61.7 Å². The van der Waals surface area contributed by atoms with Gasteiger partial charge < -0.3 is 8.98 Å². The molecule has 0 spiro atoms. The van der Waals surface area contributed by atoms with Gasteiger partial charge in [-0.25, -0.2) is 4.98 Å². The van der Waals surface area contributed by atoms with Gasteiger partial charge in [-0.15, -0.1) is 0 Å². The van der Waals surface area contributed by atoms with E-state index in [1.54, 1.807) is 0 Å². The van der Waals surface area contributed by atoms with E-state index in [0.717, 1.165) is 93.5 Å². The zero-order valence-corrected chi connectivity index (χ0v) is 38.4. The summed E-state index contributed by atoms with van der Waals surface area (Å²) in [6.45, 7) is 4.63. The van der Waals surface area contributed by atoms with E-state index in [4.69, 9.17) is 19.4 Å². The average Bonchev–Trinajstić information content (AvgIpc) is 4.13. The largest absolute Gasteiger partial charge is 0.454 e. The molecule has 0 fully saturated rings. The Balaban J connectivity index is 1.07. The quantitative estimate of drug-likeness (QED) is 0.173. The number of para-hydroxylation sites is 3. The lowest BCUT2D eigenvalue weighted by molar-refractivity contribution is 0.660. The molecule has 0 unspecified atom stereocenters. The number of hydrogen-bond donors (Lipinski definition) is 0. The van der Waals surface area contributed by atoms with Gasteiger partial charge in [0, 0.05) is 48.9 Å². The molecule has 6 nitrogen and oxygen atoms in total. The van der Waals surface area contributed by atoms with Crippen molar-refractivity contribution in [1.29, 1.82) is 0 Å². The SMILES string of the molecule is CC1(C)c2ccccc2-c2ccc(-c3nc(-c4ccccc4)nc(-n4c5ccccc5c5ccc6c7ccccc7n(-c7cc(-c8cccc9ccccc89)cc8c7oc7ccccc78)c6c54)n3)cc21. The van der Waals surface area contributed by atoms with Crippen LogP contribution >= 0.6 is 0 Å². The van der Waals surface area contributed by atoms with E-state index in [0.29, 0.717) is 17.6 Å². The maximum Gasteiger partial charge on any atom is 0.238 e. The number of aromatic nitrogens is 5. The number of fused-ring (bicyclic) bond motifs is 14. The minimum atomic E-state index is -0.192. The maximum absolute atomic E-state index is 7.01. The summed E-state index contributed by atoms with van der Waals surface area (Å²) in [5, 5.41) is 8.99. The Morgan fingerprint density at radius 2 is 0.986 bits per heavy atom. The lowest BCUT2D eigenvalue weighted by Gasteiger charge is -2.21. The summed E-state index contributed by atoms with van der Waals surface area (Å²) < 4.78 is 11.7. The smallest absolute Gasteiger partial charge is 0.238 e. The van der Waals surface area contributed by atoms with Gasteiger partial charge in [-0.2, -0.15) is 9.97 Å². The first-order valence-corrected chi connectivity index (χ1v) is 23.9. The van der Waals surface area contributed by atoms with Crippen molar-refractivity contribution in [3.63, 3.8) is 0 Å². The van der Waals surface area contributed by atoms with Crippen LogP contribution in [0.5, 0.6) is 0 Å². The number of rotatable bonds is 5. The van der Waals surface area contributed by atoms with Gasteiger partial charge in [-0.05, 0) is 80.6 Å². The molecular weight excluding hydrogens is 855 g/mol. The van der Waals surface area contributed by atoms with Crippen LogP contribution in [-0.4, -0.2) is 24.1 Å². The highest BCUT2D eigenvalue weighted by molar-refractivity contribution is 6.24. The molecule has 0 N–H and O–H groups in total. The van der Waals surface area contributed by atoms with Crippen molar-refractivity contribution in [3.05, 3.63) is 223 Å². The molecule has 0 amide bonds. The van der Waals surface area contributed by atoms with Crippen LogP contribution in [0.4, 0.5) is 0 Å². The zero-order chi connectivity index (χ0) is 46.2. The summed E-state index contributed by atoms with van der Waals surface area (Å²) in [4.78, 5) is 16.3. The van der Waals surface area contributed by atoms with Crippen LogP contribution in [0.3, 0.4) is 0 Å². The summed E-state index contributed by atoms with van der Waals surface area (Å²) in [6, 6.07) is 75.9. The molecule has 4 heterocycles. The van der Waals surface area contributed by atoms with Gasteiger partial charge in [0.1, 0.15) is 5.58 Å². The van der Waals surface area contributed by atoms with Gasteiger partial charge in [0.05, 0.1) is 27.8 Å². The normalized spacial score (nSPS) is 13.1. The summed E-state index contributed by atoms with van der Waals surface area (Å²) in [7, 11) is 0. The molecule has 0 saturated carbocycles. The van der Waals surface area contributed by atoms with Crippen LogP contribution in [0.1, 0.15) is 25.0 Å². The molecule has 15 rings (SSSR count). The standard InChI is InChI=1S/C64H41N5O/c1-64(2)52-27-12-8-22-44(52)45-32-31-40(36-53(45)64)62-65-61(39-18-4-3-5-19-39)66-63(67-62)69-55-29-14-10-24-47(55)50-34-33-49-46-23-9-13-28-54(46)68(58(49)59(50)69)56-37-41(43-26-16-20-38-17-6-7-21-42(38)43)35-51-48-25-11-15-30-57(48)70-60(51)56/h3-37H,1-2H3. The molecule has 328 valence electrons. The fourth-order valence-corrected chi connectivity index (χ4v) is 11.7. The first kappa shape index (κ1) is 38.9. The molecule has 1 aliphatic carbocycles. The summed E-state index contributed by atoms with van der Waals surface area (Å²) in [6.07, 6.45) is 0. The average molecular weight is 896 g/mol. The Morgan fingerprint density at radius 3 is 1.79 bits per heavy atom. The Bertz CT molecular complexity index is 4510. The predicted molar refractivity (Wildman–Crippen MR) is 287 cm³/mol. The van der Waals surface area contributed by atoms with Gasteiger partial charge in [-0.3, -0.25) is 4.57 Å². The highest BCUT2D eigenvalue weighted by Crippen LogP contribution is 2.50. The summed E-state index contributed by atoms with van der Waals surface area (Å²) in [5.74, 6) is 1.76. The second-order valence-corrected chi connectivity index (χ2v) is 19.1. The zero-order valence-electron chi connectivity index (χ0n) is 38.4. The fourth-order valence-electron chi connectivity index (χ4n) is 11.7. The van der Waals surface area contributed by atoms with E-state index in [2.05, 4.69) is 211 Å². The molecule has 0 saturated heterocycles. The molecule has 0 aliphatic heterocycles. The van der Waals surface area contributed by atoms with Crippen molar-refractivity contribution in [2.45, 2.75) is 19.3 Å². The second-order valence-electron chi connectivity index (χ2n) is 19.1. The Labute approximate surface area is 402 Å². The molecule has 6 heteroatoms. The van der Waals surface area contributed by atoms with Gasteiger partial charge in [0.25, 0.3) is 0 Å². The first-order valence-electron chi connectivity index (χ1n) is 23.9. The molecule has 10 aromatic carbocycles. The number of nitrogens with zero attached hydrogens (tertiary/aromatic N) is 5. The van der Waals surface area contributed by atoms with Crippen molar-refractivity contribution in [1.82, 2.24) is 24.1 Å². The van der Waals surface area contributed by atoms with Crippen LogP contribution < -0.4 is 0 Å². The molecule has 70 heavy (non-hydrogen) atoms. The Morgan fingerprint density at radius 1 is 0.386 bits per heavy atom. The highest BCUT2D eigenvalue weighted by atomic mass is 16.3. The van der Waals surface area contributed by atoms with Gasteiger partial charge >= 0.3 is 0 Å². The molecule has 0 bridgehead atoms. The van der Waals surface area contributed by atoms with Gasteiger partial charge in [0.15, 0.2) is 17.2 Å². The van der Waals surface area contributed by atoms with E-state index in [1.807, 2.05) is 24.3 Å². The monoisotopic (exact) mass is 895 g/mol. The van der Waals surface area contributed by atoms with Crippen LogP contribution in [0.15, 0.2) is 217 Å². The Kier molecular flexibility index (Phi) is 8.03. The van der Waals surface area contributed by atoms with Crippen molar-refractivity contribution in [2.24, 2.45) is 0 Å². The molecule has 0 radical (unpaired) electrons.